The maximum atomic E-state index is 7.22. The van der Waals surface area contributed by atoms with E-state index in [0.29, 0.717) is 23.1 Å². The second-order valence-corrected chi connectivity index (χ2v) is 18.3. The van der Waals surface area contributed by atoms with Gasteiger partial charge in [-0.25, -0.2) is 15.0 Å². The third-order valence-electron chi connectivity index (χ3n) is 14.3. The van der Waals surface area contributed by atoms with Gasteiger partial charge in [-0.2, -0.15) is 0 Å². The summed E-state index contributed by atoms with van der Waals surface area (Å²) in [5, 5.41) is 11.2. The van der Waals surface area contributed by atoms with Gasteiger partial charge in [-0.05, 0) is 105 Å². The van der Waals surface area contributed by atoms with Crippen molar-refractivity contribution in [2.45, 2.75) is 0 Å². The van der Waals surface area contributed by atoms with Crippen molar-refractivity contribution in [1.29, 1.82) is 0 Å². The normalized spacial score (nSPS) is 11.9. The van der Waals surface area contributed by atoms with E-state index in [-0.39, 0.29) is 0 Å². The molecule has 0 bridgehead atoms. The summed E-state index contributed by atoms with van der Waals surface area (Å²) < 4.78 is 11.9. The van der Waals surface area contributed by atoms with Crippen LogP contribution in [0, 0.1) is 0 Å². The van der Waals surface area contributed by atoms with Crippen LogP contribution in [0.2, 0.25) is 0 Å². The van der Waals surface area contributed by atoms with Gasteiger partial charge in [0.1, 0.15) is 11.2 Å². The monoisotopic (exact) mass is 905 g/mol. The van der Waals surface area contributed by atoms with Crippen LogP contribution in [0.1, 0.15) is 0 Å². The minimum atomic E-state index is 0.505. The first-order valence-corrected chi connectivity index (χ1v) is 24.0. The van der Waals surface area contributed by atoms with Crippen LogP contribution in [0.15, 0.2) is 241 Å². The molecule has 15 rings (SSSR count). The Morgan fingerprint density at radius 2 is 0.887 bits per heavy atom. The lowest BCUT2D eigenvalue weighted by molar-refractivity contribution is 0.669. The largest absolute Gasteiger partial charge is 0.455 e. The van der Waals surface area contributed by atoms with E-state index in [1.807, 2.05) is 6.07 Å². The molecule has 0 atom stereocenters. The lowest BCUT2D eigenvalue weighted by atomic mass is 10.0. The SMILES string of the molecule is c1ccc(-c2cccc(-c3nc(-c4c(-n5c6ccccc6c6cc7ccccc7cc65)ccc5c4oc4cc6ccccc6cc45)nc(-c4cccc5c6ccccc6n(-c6ccccc6)c45)n3)c2)cc1. The van der Waals surface area contributed by atoms with Crippen molar-refractivity contribution >= 4 is 87.1 Å². The fraction of sp³-hybridized carbons (Fsp3) is 0. The topological polar surface area (TPSA) is 61.7 Å². The van der Waals surface area contributed by atoms with Crippen molar-refractivity contribution in [2.24, 2.45) is 0 Å². The summed E-state index contributed by atoms with van der Waals surface area (Å²) in [5.41, 5.74) is 12.5. The average molecular weight is 906 g/mol. The van der Waals surface area contributed by atoms with E-state index < -0.39 is 0 Å². The zero-order valence-electron chi connectivity index (χ0n) is 38.2. The highest BCUT2D eigenvalue weighted by molar-refractivity contribution is 6.18. The molecule has 0 aliphatic rings. The highest BCUT2D eigenvalue weighted by Gasteiger charge is 2.26. The van der Waals surface area contributed by atoms with Gasteiger partial charge >= 0.3 is 0 Å². The zero-order chi connectivity index (χ0) is 46.6. The number of hydrogen-bond donors (Lipinski definition) is 0. The van der Waals surface area contributed by atoms with Crippen molar-refractivity contribution in [3.8, 4) is 56.7 Å². The lowest BCUT2D eigenvalue weighted by Crippen LogP contribution is -2.05. The van der Waals surface area contributed by atoms with Gasteiger partial charge in [0, 0.05) is 49.1 Å². The molecule has 4 heterocycles. The smallest absolute Gasteiger partial charge is 0.170 e. The van der Waals surface area contributed by atoms with Gasteiger partial charge in [0.2, 0.25) is 0 Å². The number of benzene rings is 11. The molecule has 0 N–H and O–H groups in total. The van der Waals surface area contributed by atoms with Crippen molar-refractivity contribution in [2.75, 3.05) is 0 Å². The molecule has 0 radical (unpaired) electrons. The minimum absolute atomic E-state index is 0.505. The molecule has 0 spiro atoms. The van der Waals surface area contributed by atoms with Gasteiger partial charge < -0.3 is 13.6 Å². The maximum Gasteiger partial charge on any atom is 0.170 e. The van der Waals surface area contributed by atoms with Gasteiger partial charge in [0.25, 0.3) is 0 Å². The summed E-state index contributed by atoms with van der Waals surface area (Å²) in [4.78, 5) is 16.8. The van der Waals surface area contributed by atoms with Crippen LogP contribution in [-0.4, -0.2) is 24.1 Å². The minimum Gasteiger partial charge on any atom is -0.455 e. The number of nitrogens with zero attached hydrogens (tertiary/aromatic N) is 5. The van der Waals surface area contributed by atoms with E-state index in [0.717, 1.165) is 115 Å². The number of aromatic nitrogens is 5. The predicted octanol–water partition coefficient (Wildman–Crippen LogP) is 16.9. The standard InChI is InChI=1S/C65H39N5O/c1-3-17-40(18-4-1)41-23-15-24-46(35-41)63-66-64(52-30-16-29-50-48-27-11-13-31-55(48)69(61(50)52)47-25-5-2-6-26-47)68-65(67-63)60-57(34-33-51-54-37-43-20-8-10-22-45(43)39-59(54)71-62(51)60)70-56-32-14-12-28-49(56)53-36-42-19-7-9-21-44(42)38-58(53)70/h1-39H. The number of furan rings is 1. The molecule has 11 aromatic carbocycles. The third-order valence-corrected chi connectivity index (χ3v) is 14.3. The summed E-state index contributed by atoms with van der Waals surface area (Å²) in [6, 6.07) is 83.8. The van der Waals surface area contributed by atoms with Crippen molar-refractivity contribution in [3.63, 3.8) is 0 Å². The highest BCUT2D eigenvalue weighted by Crippen LogP contribution is 2.45. The summed E-state index contributed by atoms with van der Waals surface area (Å²) in [6.45, 7) is 0. The van der Waals surface area contributed by atoms with Gasteiger partial charge in [-0.1, -0.05) is 164 Å². The highest BCUT2D eigenvalue weighted by atomic mass is 16.3. The molecule has 0 amide bonds. The van der Waals surface area contributed by atoms with Crippen LogP contribution < -0.4 is 0 Å². The summed E-state index contributed by atoms with van der Waals surface area (Å²) in [7, 11) is 0. The molecule has 6 nitrogen and oxygen atoms in total. The Kier molecular flexibility index (Phi) is 8.56. The van der Waals surface area contributed by atoms with Crippen LogP contribution in [-0.2, 0) is 0 Å². The first kappa shape index (κ1) is 39.4. The van der Waals surface area contributed by atoms with Crippen molar-refractivity contribution in [3.05, 3.63) is 237 Å². The van der Waals surface area contributed by atoms with E-state index in [4.69, 9.17) is 19.4 Å². The predicted molar refractivity (Wildman–Crippen MR) is 293 cm³/mol. The Labute approximate surface area is 407 Å². The Hall–Kier alpha value is -9.65. The molecule has 4 aromatic heterocycles. The summed E-state index contributed by atoms with van der Waals surface area (Å²) >= 11 is 0. The molecule has 330 valence electrons. The Morgan fingerprint density at radius 1 is 0.324 bits per heavy atom. The van der Waals surface area contributed by atoms with Gasteiger partial charge in [0.05, 0.1) is 33.3 Å². The second-order valence-electron chi connectivity index (χ2n) is 18.3. The summed E-state index contributed by atoms with van der Waals surface area (Å²) in [6.07, 6.45) is 0. The molecule has 0 saturated heterocycles. The molecule has 71 heavy (non-hydrogen) atoms. The molecule has 15 aromatic rings. The Morgan fingerprint density at radius 3 is 1.66 bits per heavy atom. The van der Waals surface area contributed by atoms with E-state index in [2.05, 4.69) is 240 Å². The Bertz CT molecular complexity index is 4640. The molecule has 0 unspecified atom stereocenters. The average Bonchev–Trinajstić information content (AvgIpc) is 4.09. The zero-order valence-corrected chi connectivity index (χ0v) is 38.2. The van der Waals surface area contributed by atoms with Gasteiger partial charge in [-0.3, -0.25) is 0 Å². The second kappa shape index (κ2) is 15.4. The van der Waals surface area contributed by atoms with Crippen LogP contribution in [0.5, 0.6) is 0 Å². The van der Waals surface area contributed by atoms with Crippen LogP contribution >= 0.6 is 0 Å². The number of para-hydroxylation sites is 4. The van der Waals surface area contributed by atoms with E-state index in [1.165, 1.54) is 5.39 Å². The molecule has 0 saturated carbocycles. The van der Waals surface area contributed by atoms with Crippen molar-refractivity contribution in [1.82, 2.24) is 24.1 Å². The third kappa shape index (κ3) is 6.11. The van der Waals surface area contributed by atoms with Crippen LogP contribution in [0.4, 0.5) is 0 Å². The van der Waals surface area contributed by atoms with Gasteiger partial charge in [0.15, 0.2) is 17.5 Å². The number of fused-ring (bicyclic) bond motifs is 11. The molecule has 0 aliphatic heterocycles. The lowest BCUT2D eigenvalue weighted by Gasteiger charge is -2.16. The van der Waals surface area contributed by atoms with Crippen LogP contribution in [0.3, 0.4) is 0 Å². The first-order chi connectivity index (χ1) is 35.2. The summed E-state index contributed by atoms with van der Waals surface area (Å²) in [5.74, 6) is 1.62. The van der Waals surface area contributed by atoms with Gasteiger partial charge in [-0.15, -0.1) is 0 Å². The quantitative estimate of drug-likeness (QED) is 0.167. The number of rotatable bonds is 6. The fourth-order valence-electron chi connectivity index (χ4n) is 11.1. The van der Waals surface area contributed by atoms with E-state index >= 15 is 0 Å². The van der Waals surface area contributed by atoms with E-state index in [1.54, 1.807) is 0 Å². The molecule has 0 aliphatic carbocycles. The maximum absolute atomic E-state index is 7.22. The number of hydrogen-bond acceptors (Lipinski definition) is 4. The van der Waals surface area contributed by atoms with Crippen LogP contribution in [0.25, 0.3) is 144 Å². The van der Waals surface area contributed by atoms with E-state index in [9.17, 15) is 0 Å². The molecular weight excluding hydrogens is 867 g/mol. The Balaban J connectivity index is 1.09. The molecule has 6 heteroatoms. The molecule has 0 fully saturated rings. The van der Waals surface area contributed by atoms with Crippen molar-refractivity contribution < 1.29 is 4.42 Å². The fourth-order valence-corrected chi connectivity index (χ4v) is 11.1. The molecular formula is C65H39N5O. The first-order valence-electron chi connectivity index (χ1n) is 24.0.